The van der Waals surface area contributed by atoms with E-state index in [1.807, 2.05) is 24.3 Å². The van der Waals surface area contributed by atoms with E-state index in [9.17, 15) is 4.79 Å². The second-order valence-corrected chi connectivity index (χ2v) is 4.87. The number of carbonyl (C=O) groups excluding carboxylic acids is 1. The molecule has 0 spiro atoms. The van der Waals surface area contributed by atoms with Gasteiger partial charge in [-0.25, -0.2) is 0 Å². The molecule has 6 nitrogen and oxygen atoms in total. The maximum absolute atomic E-state index is 11.9. The first kappa shape index (κ1) is 14.0. The highest BCUT2D eigenvalue weighted by atomic mass is 16.5. The summed E-state index contributed by atoms with van der Waals surface area (Å²) >= 11 is 0. The minimum Gasteiger partial charge on any atom is -0.378 e. The van der Waals surface area contributed by atoms with E-state index in [2.05, 4.69) is 17.3 Å². The molecule has 1 unspecified atom stereocenters. The summed E-state index contributed by atoms with van der Waals surface area (Å²) in [5.74, 6) is 0.203. The molecule has 0 saturated carbocycles. The van der Waals surface area contributed by atoms with Gasteiger partial charge in [0.2, 0.25) is 5.91 Å². The van der Waals surface area contributed by atoms with Crippen LogP contribution in [0.3, 0.4) is 0 Å². The summed E-state index contributed by atoms with van der Waals surface area (Å²) in [6.07, 6.45) is 4.37. The van der Waals surface area contributed by atoms with Crippen molar-refractivity contribution in [1.29, 1.82) is 0 Å². The largest absolute Gasteiger partial charge is 0.378 e. The Balaban J connectivity index is 1.69. The Morgan fingerprint density at radius 1 is 1.53 bits per heavy atom. The lowest BCUT2D eigenvalue weighted by Gasteiger charge is -2.27. The molecule has 1 aliphatic rings. The number of morpholine rings is 1. The van der Waals surface area contributed by atoms with Gasteiger partial charge in [0.25, 0.3) is 0 Å². The van der Waals surface area contributed by atoms with Crippen molar-refractivity contribution in [3.8, 4) is 0 Å². The summed E-state index contributed by atoms with van der Waals surface area (Å²) in [5.41, 5.74) is 1.14. The third-order valence-corrected chi connectivity index (χ3v) is 3.38. The number of carbonyl (C=O) groups is 1. The fourth-order valence-corrected chi connectivity index (χ4v) is 2.15. The fraction of sp³-hybridized carbons (Fsp3) is 0.692. The van der Waals surface area contributed by atoms with Gasteiger partial charge in [-0.15, -0.1) is 0 Å². The Labute approximate surface area is 113 Å². The van der Waals surface area contributed by atoms with Crippen LogP contribution in [0.5, 0.6) is 0 Å². The first-order chi connectivity index (χ1) is 9.16. The molecule has 2 heterocycles. The molecule has 1 amide bonds. The van der Waals surface area contributed by atoms with Crippen LogP contribution in [0.1, 0.15) is 24.9 Å². The number of nitrogens with one attached hydrogen (secondary N) is 1. The zero-order chi connectivity index (χ0) is 13.7. The molecule has 0 radical (unpaired) electrons. The van der Waals surface area contributed by atoms with E-state index in [4.69, 9.17) is 4.74 Å². The molecule has 1 aliphatic heterocycles. The molecular weight excluding hydrogens is 244 g/mol. The summed E-state index contributed by atoms with van der Waals surface area (Å²) in [5, 5.41) is 7.49. The maximum atomic E-state index is 11.9. The van der Waals surface area contributed by atoms with Crippen LogP contribution in [0.4, 0.5) is 0 Å². The van der Waals surface area contributed by atoms with Crippen molar-refractivity contribution >= 4 is 5.91 Å². The summed E-state index contributed by atoms with van der Waals surface area (Å²) in [7, 11) is 1.90. The predicted octanol–water partition coefficient (Wildman–Crippen LogP) is 0.320. The lowest BCUT2D eigenvalue weighted by molar-refractivity contribution is -0.135. The molecule has 0 aromatic carbocycles. The van der Waals surface area contributed by atoms with E-state index in [0.717, 1.165) is 18.7 Å². The van der Waals surface area contributed by atoms with E-state index in [1.165, 1.54) is 0 Å². The number of nitrogens with zero attached hydrogens (tertiary/aromatic N) is 3. The number of aryl methyl sites for hydroxylation is 1. The van der Waals surface area contributed by atoms with Gasteiger partial charge >= 0.3 is 0 Å². The van der Waals surface area contributed by atoms with Gasteiger partial charge in [-0.05, 0) is 6.92 Å². The first-order valence-electron chi connectivity index (χ1n) is 6.74. The van der Waals surface area contributed by atoms with Gasteiger partial charge < -0.3 is 15.0 Å². The van der Waals surface area contributed by atoms with E-state index in [1.54, 1.807) is 4.68 Å². The van der Waals surface area contributed by atoms with Crippen LogP contribution in [0.2, 0.25) is 0 Å². The normalized spacial score (nSPS) is 17.5. The van der Waals surface area contributed by atoms with Crippen molar-refractivity contribution in [1.82, 2.24) is 20.0 Å². The van der Waals surface area contributed by atoms with Crippen LogP contribution < -0.4 is 5.32 Å². The van der Waals surface area contributed by atoms with Crippen molar-refractivity contribution in [2.75, 3.05) is 32.8 Å². The minimum atomic E-state index is 0.203. The first-order valence-corrected chi connectivity index (χ1v) is 6.74. The summed E-state index contributed by atoms with van der Waals surface area (Å²) < 4.78 is 7.02. The lowest BCUT2D eigenvalue weighted by atomic mass is 10.2. The number of hydrogen-bond donors (Lipinski definition) is 1. The predicted molar refractivity (Wildman–Crippen MR) is 71.6 cm³/mol. The van der Waals surface area contributed by atoms with Gasteiger partial charge in [0, 0.05) is 50.9 Å². The van der Waals surface area contributed by atoms with Crippen molar-refractivity contribution in [3.63, 3.8) is 0 Å². The Kier molecular flexibility index (Phi) is 4.93. The second kappa shape index (κ2) is 6.68. The standard InChI is InChI=1S/C13H22N4O2/c1-11(12-9-15-16(2)10-12)14-4-3-13(18)17-5-7-19-8-6-17/h9-11,14H,3-8H2,1-2H3. The molecule has 6 heteroatoms. The number of ether oxygens (including phenoxy) is 1. The van der Waals surface area contributed by atoms with E-state index >= 15 is 0 Å². The highest BCUT2D eigenvalue weighted by Gasteiger charge is 2.16. The molecule has 2 rings (SSSR count). The van der Waals surface area contributed by atoms with Crippen molar-refractivity contribution in [2.24, 2.45) is 7.05 Å². The van der Waals surface area contributed by atoms with E-state index < -0.39 is 0 Å². The number of amides is 1. The Hall–Kier alpha value is -1.40. The zero-order valence-electron chi connectivity index (χ0n) is 11.6. The van der Waals surface area contributed by atoms with Crippen LogP contribution in [0.25, 0.3) is 0 Å². The van der Waals surface area contributed by atoms with E-state index in [0.29, 0.717) is 26.2 Å². The van der Waals surface area contributed by atoms with Crippen LogP contribution in [0.15, 0.2) is 12.4 Å². The number of rotatable bonds is 5. The molecule has 1 aromatic heterocycles. The molecular formula is C13H22N4O2. The molecule has 1 atom stereocenters. The van der Waals surface area contributed by atoms with Crippen LogP contribution >= 0.6 is 0 Å². The third-order valence-electron chi connectivity index (χ3n) is 3.38. The Morgan fingerprint density at radius 3 is 2.89 bits per heavy atom. The molecule has 1 N–H and O–H groups in total. The fourth-order valence-electron chi connectivity index (χ4n) is 2.15. The summed E-state index contributed by atoms with van der Waals surface area (Å²) in [6, 6.07) is 0.214. The molecule has 106 valence electrons. The minimum absolute atomic E-state index is 0.203. The zero-order valence-corrected chi connectivity index (χ0v) is 11.6. The maximum Gasteiger partial charge on any atom is 0.224 e. The lowest BCUT2D eigenvalue weighted by Crippen LogP contribution is -2.41. The van der Waals surface area contributed by atoms with Crippen LogP contribution in [-0.2, 0) is 16.6 Å². The Morgan fingerprint density at radius 2 is 2.26 bits per heavy atom. The summed E-state index contributed by atoms with van der Waals surface area (Å²) in [4.78, 5) is 13.8. The molecule has 1 aromatic rings. The van der Waals surface area contributed by atoms with E-state index in [-0.39, 0.29) is 11.9 Å². The van der Waals surface area contributed by atoms with Gasteiger partial charge in [-0.3, -0.25) is 9.48 Å². The number of hydrogen-bond acceptors (Lipinski definition) is 4. The molecule has 0 aliphatic carbocycles. The van der Waals surface area contributed by atoms with Gasteiger partial charge in [-0.2, -0.15) is 5.10 Å². The number of aromatic nitrogens is 2. The second-order valence-electron chi connectivity index (χ2n) is 4.87. The van der Waals surface area contributed by atoms with Crippen molar-refractivity contribution in [3.05, 3.63) is 18.0 Å². The van der Waals surface area contributed by atoms with Gasteiger partial charge in [0.1, 0.15) is 0 Å². The van der Waals surface area contributed by atoms with Crippen molar-refractivity contribution < 1.29 is 9.53 Å². The van der Waals surface area contributed by atoms with Gasteiger partial charge in [-0.1, -0.05) is 0 Å². The van der Waals surface area contributed by atoms with Gasteiger partial charge in [0.05, 0.1) is 19.4 Å². The molecule has 1 saturated heterocycles. The highest BCUT2D eigenvalue weighted by Crippen LogP contribution is 2.10. The summed E-state index contributed by atoms with van der Waals surface area (Å²) in [6.45, 7) is 5.52. The molecule has 0 bridgehead atoms. The van der Waals surface area contributed by atoms with Crippen LogP contribution in [-0.4, -0.2) is 53.4 Å². The average Bonchev–Trinajstić information content (AvgIpc) is 2.86. The topological polar surface area (TPSA) is 59.4 Å². The monoisotopic (exact) mass is 266 g/mol. The third kappa shape index (κ3) is 4.04. The van der Waals surface area contributed by atoms with Crippen LogP contribution in [0, 0.1) is 0 Å². The SMILES string of the molecule is CC(NCCC(=O)N1CCOCC1)c1cnn(C)c1. The smallest absolute Gasteiger partial charge is 0.224 e. The molecule has 1 fully saturated rings. The Bertz CT molecular complexity index is 413. The van der Waals surface area contributed by atoms with Gasteiger partial charge in [0.15, 0.2) is 0 Å². The van der Waals surface area contributed by atoms with Crippen molar-refractivity contribution in [2.45, 2.75) is 19.4 Å². The average molecular weight is 266 g/mol. The highest BCUT2D eigenvalue weighted by molar-refractivity contribution is 5.76. The molecule has 19 heavy (non-hydrogen) atoms. The quantitative estimate of drug-likeness (QED) is 0.834.